The molecule has 0 radical (unpaired) electrons. The van der Waals surface area contributed by atoms with E-state index in [4.69, 9.17) is 46.4 Å². The van der Waals surface area contributed by atoms with Crippen molar-refractivity contribution in [3.8, 4) is 5.75 Å². The van der Waals surface area contributed by atoms with Gasteiger partial charge in [-0.15, -0.1) is 0 Å². The molecule has 0 aromatic heterocycles. The van der Waals surface area contributed by atoms with Crippen molar-refractivity contribution in [3.05, 3.63) is 42.2 Å². The highest BCUT2D eigenvalue weighted by atomic mass is 28.4. The topological polar surface area (TPSA) is 126 Å². The summed E-state index contributed by atoms with van der Waals surface area (Å²) in [5.41, 5.74) is 0.349. The molecule has 0 unspecified atom stereocenters. The molecular weight excluding hydrogens is 769 g/mol. The highest BCUT2D eigenvalue weighted by Crippen LogP contribution is 2.38. The number of esters is 2. The predicted octanol–water partition coefficient (Wildman–Crippen LogP) is 8.97. The zero-order valence-corrected chi connectivity index (χ0v) is 39.3. The van der Waals surface area contributed by atoms with Crippen LogP contribution in [0.4, 0.5) is 0 Å². The van der Waals surface area contributed by atoms with Gasteiger partial charge in [0, 0.05) is 6.92 Å². The Labute approximate surface area is 339 Å². The fourth-order valence-electron chi connectivity index (χ4n) is 7.81. The van der Waals surface area contributed by atoms with Gasteiger partial charge >= 0.3 is 11.9 Å². The zero-order valence-electron chi connectivity index (χ0n) is 36.3. The molecule has 2 saturated heterocycles. The third kappa shape index (κ3) is 12.0. The summed E-state index contributed by atoms with van der Waals surface area (Å²) in [4.78, 5) is 26.8. The Bertz CT molecular complexity index is 1330. The summed E-state index contributed by atoms with van der Waals surface area (Å²) in [5.74, 6) is -0.426. The first-order chi connectivity index (χ1) is 26.8. The SMILES string of the molecule is C/C=C/O[C@H]1OC[C@H](O[C@@H]2OC[C@@H](O[Si](CC)(CC)CC)[C@H](O[Si](CC)(CC)CC)[C@H]2OC(=O)c2ccc(OC)cc2)[C@H](O[Si](CC)(CC)CC)[C@H]1OC(C)=O. The van der Waals surface area contributed by atoms with Crippen LogP contribution >= 0.6 is 0 Å². The van der Waals surface area contributed by atoms with E-state index in [1.54, 1.807) is 37.5 Å². The van der Waals surface area contributed by atoms with Crippen LogP contribution in [0.3, 0.4) is 0 Å². The predicted molar refractivity (Wildman–Crippen MR) is 224 cm³/mol. The number of hydrogen-bond acceptors (Lipinski definition) is 12. The van der Waals surface area contributed by atoms with Gasteiger partial charge in [-0.05, 0) is 85.6 Å². The average Bonchev–Trinajstić information content (AvgIpc) is 3.23. The van der Waals surface area contributed by atoms with Gasteiger partial charge in [-0.2, -0.15) is 0 Å². The van der Waals surface area contributed by atoms with E-state index in [-0.39, 0.29) is 13.2 Å². The fraction of sp³-hybridized carbons (Fsp3) is 0.756. The van der Waals surface area contributed by atoms with Crippen LogP contribution in [-0.4, -0.2) is 106 Å². The molecule has 0 saturated carbocycles. The van der Waals surface area contributed by atoms with Crippen molar-refractivity contribution in [1.82, 2.24) is 0 Å². The van der Waals surface area contributed by atoms with Crippen molar-refractivity contribution >= 4 is 36.9 Å². The normalized spacial score (nSPS) is 26.2. The minimum atomic E-state index is -2.34. The number of allylic oxidation sites excluding steroid dienone is 1. The van der Waals surface area contributed by atoms with E-state index in [1.165, 1.54) is 13.2 Å². The molecule has 8 atom stereocenters. The Morgan fingerprint density at radius 3 is 1.55 bits per heavy atom. The van der Waals surface area contributed by atoms with Gasteiger partial charge in [0.1, 0.15) is 24.1 Å². The molecule has 0 spiro atoms. The molecule has 320 valence electrons. The number of benzene rings is 1. The highest BCUT2D eigenvalue weighted by molar-refractivity contribution is 6.74. The Kier molecular flexibility index (Phi) is 19.7. The van der Waals surface area contributed by atoms with E-state index in [1.807, 2.05) is 6.92 Å². The third-order valence-electron chi connectivity index (χ3n) is 12.3. The van der Waals surface area contributed by atoms with Crippen molar-refractivity contribution in [2.75, 3.05) is 20.3 Å². The van der Waals surface area contributed by atoms with E-state index in [9.17, 15) is 9.59 Å². The average molecular weight is 841 g/mol. The van der Waals surface area contributed by atoms with Gasteiger partial charge in [0.15, 0.2) is 43.5 Å². The Morgan fingerprint density at radius 2 is 1.09 bits per heavy atom. The number of hydrogen-bond donors (Lipinski definition) is 0. The van der Waals surface area contributed by atoms with Crippen LogP contribution in [0.1, 0.15) is 86.5 Å². The van der Waals surface area contributed by atoms with Crippen LogP contribution in [0.25, 0.3) is 0 Å². The van der Waals surface area contributed by atoms with Crippen LogP contribution in [0.2, 0.25) is 54.4 Å². The van der Waals surface area contributed by atoms with Crippen molar-refractivity contribution in [2.45, 2.75) is 180 Å². The fourth-order valence-corrected chi connectivity index (χ4v) is 16.4. The van der Waals surface area contributed by atoms with Crippen LogP contribution in [0, 0.1) is 0 Å². The van der Waals surface area contributed by atoms with E-state index in [0.29, 0.717) is 11.3 Å². The van der Waals surface area contributed by atoms with Gasteiger partial charge in [-0.1, -0.05) is 68.4 Å². The molecule has 3 rings (SSSR count). The maximum absolute atomic E-state index is 14.1. The minimum absolute atomic E-state index is 0.0475. The first kappa shape index (κ1) is 48.3. The van der Waals surface area contributed by atoms with Crippen LogP contribution < -0.4 is 4.74 Å². The number of ether oxygens (including phenoxy) is 7. The standard InChI is InChI=1S/C41H72O12Si3/c1-13-27-45-40-37(48-30(11)42)35(52-55(17-5,18-6)19-7)33(28-46-40)49-41-38(50-39(43)31-23-25-32(44-12)26-24-31)36(53-56(20-8,21-9)22-10)34(29-47-41)51-54(14-2,15-3)16-4/h13,23-27,33-38,40-41H,14-22,28-29H2,1-12H3/b27-13+/t33-,34+,35-,36-,37+,38+,40-,41-/m0/s1. The lowest BCUT2D eigenvalue weighted by Crippen LogP contribution is -2.65. The molecule has 2 aliphatic heterocycles. The summed E-state index contributed by atoms with van der Waals surface area (Å²) in [6.45, 7) is 22.9. The maximum atomic E-state index is 14.1. The molecule has 1 aromatic carbocycles. The van der Waals surface area contributed by atoms with Crippen LogP contribution in [0.5, 0.6) is 5.75 Å². The number of rotatable bonds is 23. The summed E-state index contributed by atoms with van der Waals surface area (Å²) >= 11 is 0. The van der Waals surface area contributed by atoms with Crippen LogP contribution in [0.15, 0.2) is 36.6 Å². The molecule has 2 aliphatic rings. The maximum Gasteiger partial charge on any atom is 0.338 e. The quantitative estimate of drug-likeness (QED) is 0.0593. The second kappa shape index (κ2) is 22.9. The molecule has 15 heteroatoms. The van der Waals surface area contributed by atoms with E-state index >= 15 is 0 Å². The molecule has 0 bridgehead atoms. The van der Waals surface area contributed by atoms with Crippen molar-refractivity contribution in [3.63, 3.8) is 0 Å². The third-order valence-corrected chi connectivity index (χ3v) is 26.2. The van der Waals surface area contributed by atoms with Crippen molar-refractivity contribution < 1.29 is 56.0 Å². The lowest BCUT2D eigenvalue weighted by Gasteiger charge is -2.49. The lowest BCUT2D eigenvalue weighted by atomic mass is 10.0. The molecule has 2 fully saturated rings. The second-order valence-electron chi connectivity index (χ2n) is 14.9. The van der Waals surface area contributed by atoms with E-state index in [0.717, 1.165) is 54.4 Å². The molecule has 2 heterocycles. The monoisotopic (exact) mass is 840 g/mol. The van der Waals surface area contributed by atoms with Gasteiger partial charge in [0.05, 0.1) is 38.3 Å². The molecule has 1 aromatic rings. The zero-order chi connectivity index (χ0) is 41.5. The van der Waals surface area contributed by atoms with Gasteiger partial charge in [0.2, 0.25) is 6.29 Å². The lowest BCUT2D eigenvalue weighted by molar-refractivity contribution is -0.320. The summed E-state index contributed by atoms with van der Waals surface area (Å²) < 4.78 is 65.2. The van der Waals surface area contributed by atoms with E-state index in [2.05, 4.69) is 62.3 Å². The molecular formula is C41H72O12Si3. The number of carbonyl (C=O) groups is 2. The summed E-state index contributed by atoms with van der Waals surface area (Å²) in [6.07, 6.45) is -3.44. The number of carbonyl (C=O) groups excluding carboxylic acids is 2. The molecule has 0 N–H and O–H groups in total. The summed E-state index contributed by atoms with van der Waals surface area (Å²) in [6, 6.07) is 14.8. The summed E-state index contributed by atoms with van der Waals surface area (Å²) in [5, 5.41) is 0. The smallest absolute Gasteiger partial charge is 0.338 e. The van der Waals surface area contributed by atoms with Gasteiger partial charge in [-0.3, -0.25) is 4.79 Å². The van der Waals surface area contributed by atoms with Crippen molar-refractivity contribution in [2.24, 2.45) is 0 Å². The Balaban J connectivity index is 2.19. The van der Waals surface area contributed by atoms with Gasteiger partial charge in [0.25, 0.3) is 0 Å². The second-order valence-corrected chi connectivity index (χ2v) is 29.1. The van der Waals surface area contributed by atoms with Gasteiger partial charge < -0.3 is 46.4 Å². The van der Waals surface area contributed by atoms with Crippen LogP contribution in [-0.2, 0) is 46.5 Å². The summed E-state index contributed by atoms with van der Waals surface area (Å²) in [7, 11) is -5.30. The Hall–Kier alpha value is -2.09. The molecule has 12 nitrogen and oxygen atoms in total. The molecule has 56 heavy (non-hydrogen) atoms. The highest BCUT2D eigenvalue weighted by Gasteiger charge is 2.54. The number of methoxy groups -OCH3 is 1. The van der Waals surface area contributed by atoms with E-state index < -0.39 is 86.1 Å². The first-order valence-electron chi connectivity index (χ1n) is 21.1. The van der Waals surface area contributed by atoms with Crippen molar-refractivity contribution in [1.29, 1.82) is 0 Å². The Morgan fingerprint density at radius 1 is 0.643 bits per heavy atom. The first-order valence-corrected chi connectivity index (χ1v) is 28.6. The van der Waals surface area contributed by atoms with Gasteiger partial charge in [-0.25, -0.2) is 4.79 Å². The largest absolute Gasteiger partial charge is 0.497 e. The minimum Gasteiger partial charge on any atom is -0.497 e. The molecule has 0 aliphatic carbocycles. The molecule has 0 amide bonds.